The molecule has 1 aromatic rings. The molecule has 1 N–H and O–H groups in total. The molecule has 0 aromatic heterocycles. The Bertz CT molecular complexity index is 437. The molecule has 1 saturated heterocycles. The maximum atomic E-state index is 5.91. The largest absolute Gasteiger partial charge is 0.491 e. The molecule has 1 heterocycles. The van der Waals surface area contributed by atoms with E-state index in [1.54, 1.807) is 0 Å². The molecule has 1 aliphatic heterocycles. The van der Waals surface area contributed by atoms with Crippen LogP contribution >= 0.6 is 0 Å². The molecule has 4 nitrogen and oxygen atoms in total. The minimum Gasteiger partial charge on any atom is -0.491 e. The van der Waals surface area contributed by atoms with Gasteiger partial charge in [0.05, 0.1) is 13.2 Å². The van der Waals surface area contributed by atoms with Gasteiger partial charge in [-0.2, -0.15) is 0 Å². The first-order valence-electron chi connectivity index (χ1n) is 8.30. The summed E-state index contributed by atoms with van der Waals surface area (Å²) in [4.78, 5) is 2.44. The third kappa shape index (κ3) is 5.59. The second kappa shape index (κ2) is 8.51. The van der Waals surface area contributed by atoms with Crippen molar-refractivity contribution in [2.24, 2.45) is 0 Å². The first kappa shape index (κ1) is 17.3. The van der Waals surface area contributed by atoms with Gasteiger partial charge in [-0.25, -0.2) is 0 Å². The van der Waals surface area contributed by atoms with E-state index < -0.39 is 0 Å². The van der Waals surface area contributed by atoms with E-state index in [4.69, 9.17) is 9.47 Å². The van der Waals surface area contributed by atoms with Gasteiger partial charge in [-0.1, -0.05) is 39.0 Å². The van der Waals surface area contributed by atoms with Crippen molar-refractivity contribution in [3.8, 4) is 5.75 Å². The SMILES string of the molecule is CC(C)(C)c1ccccc1OCCOCCN1CCNCC1. The van der Waals surface area contributed by atoms with E-state index in [-0.39, 0.29) is 5.41 Å². The van der Waals surface area contributed by atoms with Crippen LogP contribution in [-0.4, -0.2) is 57.4 Å². The van der Waals surface area contributed by atoms with E-state index in [1.807, 2.05) is 12.1 Å². The van der Waals surface area contributed by atoms with Crippen molar-refractivity contribution < 1.29 is 9.47 Å². The van der Waals surface area contributed by atoms with Crippen molar-refractivity contribution in [1.29, 1.82) is 0 Å². The number of rotatable bonds is 7. The average Bonchev–Trinajstić information content (AvgIpc) is 2.51. The Balaban J connectivity index is 1.64. The quantitative estimate of drug-likeness (QED) is 0.784. The monoisotopic (exact) mass is 306 g/mol. The van der Waals surface area contributed by atoms with Crippen LogP contribution in [0.3, 0.4) is 0 Å². The predicted octanol–water partition coefficient (Wildman–Crippen LogP) is 2.28. The highest BCUT2D eigenvalue weighted by Crippen LogP contribution is 2.30. The molecular weight excluding hydrogens is 276 g/mol. The van der Waals surface area contributed by atoms with Gasteiger partial charge in [-0.3, -0.25) is 4.90 Å². The van der Waals surface area contributed by atoms with E-state index >= 15 is 0 Å². The van der Waals surface area contributed by atoms with Gasteiger partial charge in [0.2, 0.25) is 0 Å². The van der Waals surface area contributed by atoms with Crippen LogP contribution < -0.4 is 10.1 Å². The third-order valence-electron chi connectivity index (χ3n) is 3.94. The third-order valence-corrected chi connectivity index (χ3v) is 3.94. The Morgan fingerprint density at radius 2 is 1.77 bits per heavy atom. The molecule has 0 aliphatic carbocycles. The summed E-state index contributed by atoms with van der Waals surface area (Å²) in [5.74, 6) is 0.973. The molecule has 2 rings (SSSR count). The van der Waals surface area contributed by atoms with Crippen molar-refractivity contribution >= 4 is 0 Å². The van der Waals surface area contributed by atoms with E-state index in [9.17, 15) is 0 Å². The fourth-order valence-electron chi connectivity index (χ4n) is 2.65. The number of hydrogen-bond acceptors (Lipinski definition) is 4. The van der Waals surface area contributed by atoms with Gasteiger partial charge in [0.15, 0.2) is 0 Å². The molecule has 0 spiro atoms. The van der Waals surface area contributed by atoms with Gasteiger partial charge < -0.3 is 14.8 Å². The number of piperazine rings is 1. The number of nitrogens with one attached hydrogen (secondary N) is 1. The number of nitrogens with zero attached hydrogens (tertiary/aromatic N) is 1. The van der Waals surface area contributed by atoms with Crippen LogP contribution in [0.4, 0.5) is 0 Å². The minimum absolute atomic E-state index is 0.0970. The number of hydrogen-bond donors (Lipinski definition) is 1. The van der Waals surface area contributed by atoms with E-state index in [0.717, 1.165) is 45.1 Å². The smallest absolute Gasteiger partial charge is 0.123 e. The predicted molar refractivity (Wildman–Crippen MR) is 90.8 cm³/mol. The zero-order valence-electron chi connectivity index (χ0n) is 14.2. The molecule has 1 fully saturated rings. The standard InChI is InChI=1S/C18H30N2O2/c1-18(2,3)16-6-4-5-7-17(16)22-15-14-21-13-12-20-10-8-19-9-11-20/h4-7,19H,8-15H2,1-3H3. The molecule has 124 valence electrons. The lowest BCUT2D eigenvalue weighted by molar-refractivity contribution is 0.0763. The summed E-state index contributed by atoms with van der Waals surface area (Å²) in [6.45, 7) is 14.1. The van der Waals surface area contributed by atoms with Crippen LogP contribution in [0.25, 0.3) is 0 Å². The number of ether oxygens (including phenoxy) is 2. The van der Waals surface area contributed by atoms with Gasteiger partial charge >= 0.3 is 0 Å². The Hall–Kier alpha value is -1.10. The molecule has 22 heavy (non-hydrogen) atoms. The molecule has 0 bridgehead atoms. The normalized spacial score (nSPS) is 16.7. The molecule has 0 saturated carbocycles. The van der Waals surface area contributed by atoms with Gasteiger partial charge in [0.25, 0.3) is 0 Å². The zero-order valence-corrected chi connectivity index (χ0v) is 14.2. The number of para-hydroxylation sites is 1. The Morgan fingerprint density at radius 1 is 1.05 bits per heavy atom. The second-order valence-electron chi connectivity index (χ2n) is 6.80. The lowest BCUT2D eigenvalue weighted by atomic mass is 9.86. The van der Waals surface area contributed by atoms with Crippen molar-refractivity contribution in [2.45, 2.75) is 26.2 Å². The van der Waals surface area contributed by atoms with Crippen molar-refractivity contribution in [2.75, 3.05) is 52.5 Å². The van der Waals surface area contributed by atoms with Crippen LogP contribution in [0.15, 0.2) is 24.3 Å². The Morgan fingerprint density at radius 3 is 2.50 bits per heavy atom. The summed E-state index contributed by atoms with van der Waals surface area (Å²) in [6.07, 6.45) is 0. The van der Waals surface area contributed by atoms with E-state index in [2.05, 4.69) is 43.1 Å². The van der Waals surface area contributed by atoms with Crippen LogP contribution in [0, 0.1) is 0 Å². The number of benzene rings is 1. The molecule has 0 radical (unpaired) electrons. The first-order valence-corrected chi connectivity index (χ1v) is 8.30. The summed E-state index contributed by atoms with van der Waals surface area (Å²) >= 11 is 0. The first-order chi connectivity index (χ1) is 10.6. The van der Waals surface area contributed by atoms with Crippen LogP contribution in [-0.2, 0) is 10.2 Å². The fraction of sp³-hybridized carbons (Fsp3) is 0.667. The van der Waals surface area contributed by atoms with Gasteiger partial charge in [0, 0.05) is 32.7 Å². The van der Waals surface area contributed by atoms with Crippen molar-refractivity contribution in [1.82, 2.24) is 10.2 Å². The summed E-state index contributed by atoms with van der Waals surface area (Å²) in [5, 5.41) is 3.36. The average molecular weight is 306 g/mol. The summed E-state index contributed by atoms with van der Waals surface area (Å²) in [5.41, 5.74) is 1.34. The molecule has 1 aromatic carbocycles. The highest BCUT2D eigenvalue weighted by Gasteiger charge is 2.18. The molecular formula is C18H30N2O2. The summed E-state index contributed by atoms with van der Waals surface area (Å²) in [6, 6.07) is 8.27. The summed E-state index contributed by atoms with van der Waals surface area (Å²) < 4.78 is 11.6. The fourth-order valence-corrected chi connectivity index (χ4v) is 2.65. The van der Waals surface area contributed by atoms with Gasteiger partial charge in [0.1, 0.15) is 12.4 Å². The minimum atomic E-state index is 0.0970. The van der Waals surface area contributed by atoms with Crippen molar-refractivity contribution in [3.05, 3.63) is 29.8 Å². The molecule has 0 amide bonds. The topological polar surface area (TPSA) is 33.7 Å². The van der Waals surface area contributed by atoms with E-state index in [0.29, 0.717) is 13.2 Å². The highest BCUT2D eigenvalue weighted by atomic mass is 16.5. The molecule has 1 aliphatic rings. The summed E-state index contributed by atoms with van der Waals surface area (Å²) in [7, 11) is 0. The molecule has 4 heteroatoms. The Kier molecular flexibility index (Phi) is 6.68. The van der Waals surface area contributed by atoms with Gasteiger partial charge in [-0.15, -0.1) is 0 Å². The Labute approximate surface area is 134 Å². The molecule has 0 atom stereocenters. The van der Waals surface area contributed by atoms with Crippen LogP contribution in [0.5, 0.6) is 5.75 Å². The van der Waals surface area contributed by atoms with Crippen molar-refractivity contribution in [3.63, 3.8) is 0 Å². The second-order valence-corrected chi connectivity index (χ2v) is 6.80. The van der Waals surface area contributed by atoms with Crippen LogP contribution in [0.2, 0.25) is 0 Å². The lowest BCUT2D eigenvalue weighted by Gasteiger charge is -2.26. The van der Waals surface area contributed by atoms with Gasteiger partial charge in [-0.05, 0) is 17.0 Å². The maximum absolute atomic E-state index is 5.91. The maximum Gasteiger partial charge on any atom is 0.123 e. The molecule has 0 unspecified atom stereocenters. The van der Waals surface area contributed by atoms with E-state index in [1.165, 1.54) is 5.56 Å². The zero-order chi connectivity index (χ0) is 15.8. The van der Waals surface area contributed by atoms with Crippen LogP contribution in [0.1, 0.15) is 26.3 Å². The highest BCUT2D eigenvalue weighted by molar-refractivity contribution is 5.38. The lowest BCUT2D eigenvalue weighted by Crippen LogP contribution is -2.44.